The average Bonchev–Trinajstić information content (AvgIpc) is 3.13. The fraction of sp³-hybridized carbons (Fsp3) is 0.684. The van der Waals surface area contributed by atoms with Crippen LogP contribution in [0.2, 0.25) is 0 Å². The predicted octanol–water partition coefficient (Wildman–Crippen LogP) is 3.05. The maximum absolute atomic E-state index is 13.1. The molecule has 0 bridgehead atoms. The van der Waals surface area contributed by atoms with E-state index in [-0.39, 0.29) is 23.5 Å². The van der Waals surface area contributed by atoms with Gasteiger partial charge in [0.2, 0.25) is 5.91 Å². The number of aromatic nitrogens is 4. The number of nitrogens with one attached hydrogen (secondary N) is 1. The zero-order valence-electron chi connectivity index (χ0n) is 16.3. The van der Waals surface area contributed by atoms with E-state index in [0.29, 0.717) is 37.7 Å². The van der Waals surface area contributed by atoms with E-state index in [1.54, 1.807) is 6.07 Å². The van der Waals surface area contributed by atoms with Crippen LogP contribution in [0.5, 0.6) is 0 Å². The van der Waals surface area contributed by atoms with Gasteiger partial charge in [0, 0.05) is 25.0 Å². The number of amides is 1. The van der Waals surface area contributed by atoms with E-state index >= 15 is 0 Å². The fourth-order valence-corrected chi connectivity index (χ4v) is 4.33. The van der Waals surface area contributed by atoms with Gasteiger partial charge in [0.25, 0.3) is 5.82 Å². The van der Waals surface area contributed by atoms with Crippen LogP contribution in [0, 0.1) is 11.8 Å². The maximum atomic E-state index is 13.1. The second kappa shape index (κ2) is 7.79. The van der Waals surface area contributed by atoms with Gasteiger partial charge in [0.05, 0.1) is 0 Å². The molecule has 29 heavy (non-hydrogen) atoms. The van der Waals surface area contributed by atoms with Gasteiger partial charge >= 0.3 is 6.18 Å². The highest BCUT2D eigenvalue weighted by atomic mass is 19.4. The molecule has 2 aromatic rings. The molecule has 2 atom stereocenters. The fourth-order valence-electron chi connectivity index (χ4n) is 4.33. The third-order valence-corrected chi connectivity index (χ3v) is 6.13. The molecule has 2 aromatic heterocycles. The van der Waals surface area contributed by atoms with Crippen LogP contribution < -0.4 is 10.2 Å². The number of rotatable bonds is 3. The summed E-state index contributed by atoms with van der Waals surface area (Å²) in [5.74, 6) is -0.155. The first-order valence-electron chi connectivity index (χ1n) is 10.2. The van der Waals surface area contributed by atoms with E-state index in [1.807, 2.05) is 4.90 Å². The molecule has 7 nitrogen and oxygen atoms in total. The van der Waals surface area contributed by atoms with Crippen LogP contribution in [0.15, 0.2) is 12.1 Å². The van der Waals surface area contributed by atoms with Crippen molar-refractivity contribution in [3.05, 3.63) is 18.0 Å². The number of halogens is 3. The minimum Gasteiger partial charge on any atom is -0.355 e. The number of nitrogens with zero attached hydrogens (tertiary/aromatic N) is 5. The third-order valence-electron chi connectivity index (χ3n) is 6.13. The summed E-state index contributed by atoms with van der Waals surface area (Å²) in [5, 5.41) is 14.0. The van der Waals surface area contributed by atoms with Gasteiger partial charge < -0.3 is 10.2 Å². The monoisotopic (exact) mass is 410 g/mol. The smallest absolute Gasteiger partial charge is 0.355 e. The third kappa shape index (κ3) is 4.16. The Bertz CT molecular complexity index is 874. The van der Waals surface area contributed by atoms with Crippen molar-refractivity contribution in [2.45, 2.75) is 57.7 Å². The van der Waals surface area contributed by atoms with Gasteiger partial charge in [-0.15, -0.1) is 15.3 Å². The van der Waals surface area contributed by atoms with E-state index in [2.05, 4.69) is 27.5 Å². The quantitative estimate of drug-likeness (QED) is 0.842. The lowest BCUT2D eigenvalue weighted by atomic mass is 9.85. The van der Waals surface area contributed by atoms with Gasteiger partial charge in [0.15, 0.2) is 5.65 Å². The second-order valence-corrected chi connectivity index (χ2v) is 8.12. The van der Waals surface area contributed by atoms with Crippen LogP contribution in [0.4, 0.5) is 19.0 Å². The number of hydrogen-bond donors (Lipinski definition) is 1. The molecule has 1 saturated carbocycles. The standard InChI is InChI=1S/C19H25F3N6O/c1-12-4-2-3-5-14(12)23-17(29)13-8-10-27(11-9-13)16-7-6-15-24-25-18(19(20,21)22)28(15)26-16/h6-7,12-14H,2-5,8-11H2,1H3,(H,23,29)/t12-,14-/m1/s1. The lowest BCUT2D eigenvalue weighted by Gasteiger charge is -2.34. The van der Waals surface area contributed by atoms with Crippen molar-refractivity contribution in [3.63, 3.8) is 0 Å². The van der Waals surface area contributed by atoms with Gasteiger partial charge in [0.1, 0.15) is 5.82 Å². The van der Waals surface area contributed by atoms with Crippen LogP contribution in [-0.2, 0) is 11.0 Å². The van der Waals surface area contributed by atoms with Crippen molar-refractivity contribution in [1.29, 1.82) is 0 Å². The average molecular weight is 410 g/mol. The summed E-state index contributed by atoms with van der Waals surface area (Å²) in [5.41, 5.74) is 0.0527. The first-order valence-corrected chi connectivity index (χ1v) is 10.2. The minimum absolute atomic E-state index is 0.0527. The zero-order valence-corrected chi connectivity index (χ0v) is 16.3. The molecule has 0 radical (unpaired) electrons. The molecule has 2 fully saturated rings. The van der Waals surface area contributed by atoms with Crippen LogP contribution in [0.3, 0.4) is 0 Å². The number of carbonyl (C=O) groups is 1. The molecule has 0 unspecified atom stereocenters. The Morgan fingerprint density at radius 3 is 2.52 bits per heavy atom. The van der Waals surface area contributed by atoms with Gasteiger partial charge in [-0.05, 0) is 43.7 Å². The van der Waals surface area contributed by atoms with Gasteiger partial charge in [-0.2, -0.15) is 17.7 Å². The molecule has 2 aliphatic rings. The van der Waals surface area contributed by atoms with Crippen molar-refractivity contribution in [3.8, 4) is 0 Å². The number of fused-ring (bicyclic) bond motifs is 1. The highest BCUT2D eigenvalue weighted by Gasteiger charge is 2.38. The molecule has 10 heteroatoms. The highest BCUT2D eigenvalue weighted by Crippen LogP contribution is 2.29. The topological polar surface area (TPSA) is 75.4 Å². The van der Waals surface area contributed by atoms with Crippen molar-refractivity contribution in [1.82, 2.24) is 25.1 Å². The molecule has 4 rings (SSSR count). The molecular formula is C19H25F3N6O. The summed E-state index contributed by atoms with van der Waals surface area (Å²) in [6, 6.07) is 3.38. The minimum atomic E-state index is -4.62. The summed E-state index contributed by atoms with van der Waals surface area (Å²) in [4.78, 5) is 14.6. The number of carbonyl (C=O) groups excluding carboxylic acids is 1. The van der Waals surface area contributed by atoms with E-state index in [9.17, 15) is 18.0 Å². The number of alkyl halides is 3. The Hall–Kier alpha value is -2.39. The van der Waals surface area contributed by atoms with Crippen molar-refractivity contribution in [2.75, 3.05) is 18.0 Å². The van der Waals surface area contributed by atoms with Crippen LogP contribution in [0.25, 0.3) is 5.65 Å². The molecule has 1 saturated heterocycles. The Morgan fingerprint density at radius 2 is 1.83 bits per heavy atom. The Kier molecular flexibility index (Phi) is 5.35. The number of piperidine rings is 1. The highest BCUT2D eigenvalue weighted by molar-refractivity contribution is 5.79. The summed E-state index contributed by atoms with van der Waals surface area (Å²) >= 11 is 0. The predicted molar refractivity (Wildman–Crippen MR) is 100 cm³/mol. The van der Waals surface area contributed by atoms with Gasteiger partial charge in [-0.3, -0.25) is 4.79 Å². The SMILES string of the molecule is C[C@@H]1CCCC[C@H]1NC(=O)C1CCN(c2ccc3nnc(C(F)(F)F)n3n2)CC1. The maximum Gasteiger partial charge on any atom is 0.453 e. The largest absolute Gasteiger partial charge is 0.453 e. The molecule has 3 heterocycles. The van der Waals surface area contributed by atoms with Crippen molar-refractivity contribution in [2.24, 2.45) is 11.8 Å². The lowest BCUT2D eigenvalue weighted by molar-refractivity contribution is -0.146. The number of hydrogen-bond acceptors (Lipinski definition) is 5. The molecule has 1 N–H and O–H groups in total. The molecule has 158 valence electrons. The van der Waals surface area contributed by atoms with E-state index in [4.69, 9.17) is 0 Å². The first kappa shape index (κ1) is 19.9. The second-order valence-electron chi connectivity index (χ2n) is 8.12. The molecule has 0 aromatic carbocycles. The molecule has 0 spiro atoms. The van der Waals surface area contributed by atoms with E-state index < -0.39 is 12.0 Å². The summed E-state index contributed by atoms with van der Waals surface area (Å²) < 4.78 is 39.9. The lowest BCUT2D eigenvalue weighted by Crippen LogP contribution is -2.46. The number of anilines is 1. The summed E-state index contributed by atoms with van der Waals surface area (Å²) in [7, 11) is 0. The Morgan fingerprint density at radius 1 is 1.10 bits per heavy atom. The van der Waals surface area contributed by atoms with E-state index in [0.717, 1.165) is 23.8 Å². The molecule has 1 aliphatic carbocycles. The molecule has 1 amide bonds. The van der Waals surface area contributed by atoms with E-state index in [1.165, 1.54) is 12.5 Å². The molecule has 1 aliphatic heterocycles. The summed E-state index contributed by atoms with van der Waals surface area (Å²) in [6.07, 6.45) is 1.27. The van der Waals surface area contributed by atoms with Crippen molar-refractivity contribution >= 4 is 17.4 Å². The zero-order chi connectivity index (χ0) is 20.6. The van der Waals surface area contributed by atoms with Gasteiger partial charge in [-0.1, -0.05) is 19.8 Å². The Balaban J connectivity index is 1.40. The summed E-state index contributed by atoms with van der Waals surface area (Å²) in [6.45, 7) is 3.33. The molecular weight excluding hydrogens is 385 g/mol. The Labute approximate surface area is 166 Å². The normalized spacial score (nSPS) is 24.1. The van der Waals surface area contributed by atoms with Crippen molar-refractivity contribution < 1.29 is 18.0 Å². The van der Waals surface area contributed by atoms with Crippen LogP contribution >= 0.6 is 0 Å². The van der Waals surface area contributed by atoms with Crippen LogP contribution in [-0.4, -0.2) is 44.8 Å². The first-order chi connectivity index (χ1) is 13.8. The van der Waals surface area contributed by atoms with Gasteiger partial charge in [-0.25, -0.2) is 0 Å². The van der Waals surface area contributed by atoms with Crippen LogP contribution in [0.1, 0.15) is 51.3 Å².